The molecule has 0 unspecified atom stereocenters. The molecule has 1 aromatic carbocycles. The summed E-state index contributed by atoms with van der Waals surface area (Å²) in [6.07, 6.45) is 1.76. The first-order chi connectivity index (χ1) is 12.9. The Kier molecular flexibility index (Phi) is 5.52. The van der Waals surface area contributed by atoms with Gasteiger partial charge in [-0.25, -0.2) is 18.0 Å². The summed E-state index contributed by atoms with van der Waals surface area (Å²) in [7, 11) is 0. The fourth-order valence-electron chi connectivity index (χ4n) is 3.12. The normalized spacial score (nSPS) is 17.2. The smallest absolute Gasteiger partial charge is 0.322 e. The second kappa shape index (κ2) is 7.85. The van der Waals surface area contributed by atoms with E-state index in [1.165, 1.54) is 14.7 Å². The maximum absolute atomic E-state index is 13.7. The molecule has 0 atom stereocenters. The molecule has 0 radical (unpaired) electrons. The number of anilines is 1. The minimum atomic E-state index is -1.66. The number of carbonyl (C=O) groups is 3. The van der Waals surface area contributed by atoms with Gasteiger partial charge in [0.15, 0.2) is 17.5 Å². The van der Waals surface area contributed by atoms with Crippen LogP contribution in [-0.4, -0.2) is 71.8 Å². The third-order valence-corrected chi connectivity index (χ3v) is 4.71. The molecular formula is C17H19F3N4O3. The Balaban J connectivity index is 1.54. The number of halogens is 3. The molecule has 146 valence electrons. The molecule has 27 heavy (non-hydrogen) atoms. The second-order valence-corrected chi connectivity index (χ2v) is 6.43. The van der Waals surface area contributed by atoms with E-state index in [9.17, 15) is 27.6 Å². The lowest BCUT2D eigenvalue weighted by Gasteiger charge is -2.34. The molecule has 10 heteroatoms. The second-order valence-electron chi connectivity index (χ2n) is 6.43. The van der Waals surface area contributed by atoms with Gasteiger partial charge in [0.2, 0.25) is 0 Å². The number of nitrogens with zero attached hydrogens (tertiary/aromatic N) is 3. The number of benzene rings is 1. The van der Waals surface area contributed by atoms with E-state index < -0.39 is 41.0 Å². The Labute approximate surface area is 153 Å². The first-order valence-corrected chi connectivity index (χ1v) is 8.66. The van der Waals surface area contributed by atoms with E-state index in [1.807, 2.05) is 0 Å². The van der Waals surface area contributed by atoms with Gasteiger partial charge in [-0.3, -0.25) is 9.59 Å². The summed E-state index contributed by atoms with van der Waals surface area (Å²) >= 11 is 0. The van der Waals surface area contributed by atoms with E-state index in [4.69, 9.17) is 0 Å². The highest BCUT2D eigenvalue weighted by atomic mass is 19.2. The van der Waals surface area contributed by atoms with Gasteiger partial charge in [0.1, 0.15) is 0 Å². The van der Waals surface area contributed by atoms with Gasteiger partial charge < -0.3 is 20.0 Å². The zero-order valence-corrected chi connectivity index (χ0v) is 14.5. The molecule has 2 fully saturated rings. The average Bonchev–Trinajstić information content (AvgIpc) is 3.22. The van der Waals surface area contributed by atoms with Crippen LogP contribution in [0.15, 0.2) is 12.1 Å². The lowest BCUT2D eigenvalue weighted by Crippen LogP contribution is -2.54. The van der Waals surface area contributed by atoms with Crippen molar-refractivity contribution >= 4 is 23.5 Å². The fourth-order valence-corrected chi connectivity index (χ4v) is 3.12. The Bertz CT molecular complexity index is 760. The molecule has 3 rings (SSSR count). The lowest BCUT2D eigenvalue weighted by molar-refractivity contribution is -0.152. The zero-order chi connectivity index (χ0) is 19.6. The Morgan fingerprint density at radius 3 is 1.85 bits per heavy atom. The van der Waals surface area contributed by atoms with Gasteiger partial charge in [0.05, 0.1) is 5.69 Å². The first-order valence-electron chi connectivity index (χ1n) is 8.66. The predicted molar refractivity (Wildman–Crippen MR) is 89.3 cm³/mol. The number of amides is 4. The van der Waals surface area contributed by atoms with Gasteiger partial charge in [-0.2, -0.15) is 0 Å². The van der Waals surface area contributed by atoms with Crippen LogP contribution in [0.1, 0.15) is 12.8 Å². The van der Waals surface area contributed by atoms with Crippen molar-refractivity contribution in [2.24, 2.45) is 0 Å². The highest BCUT2D eigenvalue weighted by Gasteiger charge is 2.32. The Morgan fingerprint density at radius 1 is 0.741 bits per heavy atom. The topological polar surface area (TPSA) is 73.0 Å². The van der Waals surface area contributed by atoms with Crippen LogP contribution in [-0.2, 0) is 9.59 Å². The number of urea groups is 1. The number of hydrogen-bond acceptors (Lipinski definition) is 3. The van der Waals surface area contributed by atoms with Crippen LogP contribution < -0.4 is 5.32 Å². The van der Waals surface area contributed by atoms with E-state index >= 15 is 0 Å². The summed E-state index contributed by atoms with van der Waals surface area (Å²) in [6.45, 7) is 1.74. The molecule has 4 amide bonds. The number of piperazine rings is 1. The van der Waals surface area contributed by atoms with Crippen LogP contribution in [0.5, 0.6) is 0 Å². The van der Waals surface area contributed by atoms with Gasteiger partial charge >= 0.3 is 17.8 Å². The highest BCUT2D eigenvalue weighted by molar-refractivity contribution is 6.35. The molecule has 0 bridgehead atoms. The van der Waals surface area contributed by atoms with Crippen LogP contribution in [0.4, 0.5) is 23.7 Å². The third-order valence-electron chi connectivity index (χ3n) is 4.71. The summed E-state index contributed by atoms with van der Waals surface area (Å²) in [5.74, 6) is -5.62. The number of rotatable bonds is 1. The molecule has 0 aliphatic carbocycles. The van der Waals surface area contributed by atoms with E-state index in [0.29, 0.717) is 19.2 Å². The van der Waals surface area contributed by atoms with Crippen molar-refractivity contribution in [2.75, 3.05) is 44.6 Å². The number of nitrogens with one attached hydrogen (secondary N) is 1. The molecule has 0 aromatic heterocycles. The molecule has 1 aromatic rings. The summed E-state index contributed by atoms with van der Waals surface area (Å²) in [5, 5.41) is 2.19. The molecule has 2 heterocycles. The summed E-state index contributed by atoms with van der Waals surface area (Å²) < 4.78 is 39.8. The number of likely N-dealkylation sites (tertiary alicyclic amines) is 1. The Hall–Kier alpha value is -2.78. The molecular weight excluding hydrogens is 365 g/mol. The molecule has 7 nitrogen and oxygen atoms in total. The van der Waals surface area contributed by atoms with Gasteiger partial charge in [-0.05, 0) is 25.0 Å². The molecule has 1 N–H and O–H groups in total. The van der Waals surface area contributed by atoms with Gasteiger partial charge in [-0.15, -0.1) is 0 Å². The van der Waals surface area contributed by atoms with Crippen LogP contribution >= 0.6 is 0 Å². The van der Waals surface area contributed by atoms with Crippen LogP contribution in [0.3, 0.4) is 0 Å². The average molecular weight is 384 g/mol. The third kappa shape index (κ3) is 3.99. The van der Waals surface area contributed by atoms with E-state index in [-0.39, 0.29) is 26.2 Å². The largest absolute Gasteiger partial charge is 0.334 e. The highest BCUT2D eigenvalue weighted by Crippen LogP contribution is 2.20. The van der Waals surface area contributed by atoms with Crippen molar-refractivity contribution in [2.45, 2.75) is 12.8 Å². The number of carbonyl (C=O) groups excluding carboxylic acids is 3. The summed E-state index contributed by atoms with van der Waals surface area (Å²) in [6, 6.07) is 0.951. The summed E-state index contributed by atoms with van der Waals surface area (Å²) in [4.78, 5) is 40.8. The summed E-state index contributed by atoms with van der Waals surface area (Å²) in [5.41, 5.74) is -0.471. The molecule has 0 spiro atoms. The van der Waals surface area contributed by atoms with Gasteiger partial charge in [0, 0.05) is 39.3 Å². The lowest BCUT2D eigenvalue weighted by atomic mass is 10.2. The van der Waals surface area contributed by atoms with E-state index in [1.54, 1.807) is 0 Å². The quantitative estimate of drug-likeness (QED) is 0.588. The van der Waals surface area contributed by atoms with Crippen molar-refractivity contribution in [1.29, 1.82) is 0 Å². The van der Waals surface area contributed by atoms with Gasteiger partial charge in [-0.1, -0.05) is 0 Å². The Morgan fingerprint density at radius 2 is 1.26 bits per heavy atom. The fraction of sp³-hybridized carbons (Fsp3) is 0.471. The van der Waals surface area contributed by atoms with Gasteiger partial charge in [0.25, 0.3) is 0 Å². The van der Waals surface area contributed by atoms with Crippen molar-refractivity contribution in [1.82, 2.24) is 14.7 Å². The maximum atomic E-state index is 13.7. The van der Waals surface area contributed by atoms with Crippen LogP contribution in [0, 0.1) is 17.5 Å². The minimum Gasteiger partial charge on any atom is -0.334 e. The van der Waals surface area contributed by atoms with Crippen molar-refractivity contribution < 1.29 is 27.6 Å². The maximum Gasteiger partial charge on any atom is 0.322 e. The van der Waals surface area contributed by atoms with Crippen molar-refractivity contribution in [3.8, 4) is 0 Å². The van der Waals surface area contributed by atoms with Crippen LogP contribution in [0.2, 0.25) is 0 Å². The van der Waals surface area contributed by atoms with Crippen molar-refractivity contribution in [3.63, 3.8) is 0 Å². The van der Waals surface area contributed by atoms with E-state index in [0.717, 1.165) is 18.9 Å². The molecule has 2 aliphatic rings. The number of hydrogen-bond donors (Lipinski definition) is 1. The molecule has 2 aliphatic heterocycles. The standard InChI is InChI=1S/C17H19F3N4O3/c18-11-3-4-12(14(20)13(11)19)21-17(27)24-9-7-23(8-10-24)16(26)15(25)22-5-1-2-6-22/h3-4H,1-2,5-10H2,(H,21,27). The van der Waals surface area contributed by atoms with Crippen molar-refractivity contribution in [3.05, 3.63) is 29.6 Å². The SMILES string of the molecule is O=C(Nc1ccc(F)c(F)c1F)N1CCN(C(=O)C(=O)N2CCCC2)CC1. The van der Waals surface area contributed by atoms with Crippen LogP contribution in [0.25, 0.3) is 0 Å². The monoisotopic (exact) mass is 384 g/mol. The predicted octanol–water partition coefficient (Wildman–Crippen LogP) is 1.40. The zero-order valence-electron chi connectivity index (χ0n) is 14.5. The first kappa shape index (κ1) is 19.0. The molecule has 2 saturated heterocycles. The minimum absolute atomic E-state index is 0.135. The van der Waals surface area contributed by atoms with E-state index in [2.05, 4.69) is 5.32 Å². The molecule has 0 saturated carbocycles.